The molecule has 5 unspecified atom stereocenters. The summed E-state index contributed by atoms with van der Waals surface area (Å²) in [6.07, 6.45) is 20.2. The van der Waals surface area contributed by atoms with E-state index in [2.05, 4.69) is 79.0 Å². The van der Waals surface area contributed by atoms with Gasteiger partial charge >= 0.3 is 207 Å². The van der Waals surface area contributed by atoms with Crippen molar-refractivity contribution < 1.29 is 18.6 Å². The first kappa shape index (κ1) is 26.8. The van der Waals surface area contributed by atoms with E-state index in [-0.39, 0.29) is 97.3 Å². The first-order valence-corrected chi connectivity index (χ1v) is 18.8. The van der Waals surface area contributed by atoms with Crippen LogP contribution in [-0.2, 0) is 18.6 Å². The average Bonchev–Trinajstić information content (AvgIpc) is 3.55. The summed E-state index contributed by atoms with van der Waals surface area (Å²) in [6, 6.07) is 0. The maximum Gasteiger partial charge on any atom is 5.00 e. The summed E-state index contributed by atoms with van der Waals surface area (Å²) >= 11 is 0.764. The van der Waals surface area contributed by atoms with E-state index in [0.717, 1.165) is 0 Å². The van der Waals surface area contributed by atoms with E-state index in [1.165, 1.54) is 0 Å². The molecule has 5 heterocycles. The van der Waals surface area contributed by atoms with Crippen molar-refractivity contribution in [2.45, 2.75) is 0 Å². The van der Waals surface area contributed by atoms with E-state index in [1.807, 2.05) is 30.4 Å². The molecule has 0 aromatic heterocycles. The predicted octanol–water partition coefficient (Wildman–Crippen LogP) is 1.33. The van der Waals surface area contributed by atoms with Crippen LogP contribution in [-0.4, -0.2) is 78.8 Å². The second kappa shape index (κ2) is 23.8. The molecule has 0 bridgehead atoms. The van der Waals surface area contributed by atoms with Crippen LogP contribution in [0.25, 0.3) is 0 Å². The third-order valence-corrected chi connectivity index (χ3v) is 9.48. The molecule has 0 aromatic carbocycles. The van der Waals surface area contributed by atoms with Gasteiger partial charge in [-0.2, -0.15) is 0 Å². The zero-order valence-corrected chi connectivity index (χ0v) is 26.0. The fraction of sp³-hybridized carbons (Fsp3) is 0. The van der Waals surface area contributed by atoms with Gasteiger partial charge in [0.25, 0.3) is 0 Å². The van der Waals surface area contributed by atoms with Gasteiger partial charge in [-0.05, 0) is 0 Å². The van der Waals surface area contributed by atoms with Crippen molar-refractivity contribution in [2.75, 3.05) is 0 Å². The van der Waals surface area contributed by atoms with Gasteiger partial charge in [0.2, 0.25) is 0 Å². The molecule has 130 valence electrons. The van der Waals surface area contributed by atoms with Gasteiger partial charge in [-0.3, -0.25) is 0 Å². The third-order valence-electron chi connectivity index (χ3n) is 2.21. The SMILES string of the molecule is [C-]1=CC=C[AsH]1.[C-]1=CC=C[AsH]1.[C-]1=CC=C[AsH]1.[C-]1=CC=C[AsH]1.[C-]1=CC=C[AsH]1.[V+5]. The Hall–Kier alpha value is 0.777. The molecule has 0 saturated heterocycles. The molecule has 0 fully saturated rings. The second-order valence-electron chi connectivity index (χ2n) is 4.07. The van der Waals surface area contributed by atoms with Gasteiger partial charge in [0.15, 0.2) is 0 Å². The molecule has 26 heavy (non-hydrogen) atoms. The van der Waals surface area contributed by atoms with Crippen molar-refractivity contribution in [3.8, 4) is 0 Å². The molecule has 0 aromatic rings. The molecule has 5 rings (SSSR count). The normalized spacial score (nSPS) is 21.5. The van der Waals surface area contributed by atoms with E-state index in [1.54, 1.807) is 0 Å². The van der Waals surface area contributed by atoms with Crippen molar-refractivity contribution in [2.24, 2.45) is 0 Å². The number of hydrogen-bond acceptors (Lipinski definition) is 0. The standard InChI is InChI=1S/5C4H4As.V/c5*1-2-4-5-3-1;/h5*1-3,5H;/q5*-1;+5. The van der Waals surface area contributed by atoms with E-state index in [0.29, 0.717) is 0 Å². The quantitative estimate of drug-likeness (QED) is 0.267. The molecule has 0 N–H and O–H groups in total. The van der Waals surface area contributed by atoms with Crippen molar-refractivity contribution in [1.82, 2.24) is 0 Å². The van der Waals surface area contributed by atoms with Crippen LogP contribution in [0.15, 0.2) is 85.1 Å². The number of rotatable bonds is 0. The average molecular weight is 686 g/mol. The van der Waals surface area contributed by atoms with Crippen LogP contribution in [0.4, 0.5) is 0 Å². The molecule has 5 atom stereocenters. The smallest absolute Gasteiger partial charge is 5.00 e. The van der Waals surface area contributed by atoms with Crippen molar-refractivity contribution >= 4 is 78.8 Å². The summed E-state index contributed by atoms with van der Waals surface area (Å²) in [6.45, 7) is 0. The van der Waals surface area contributed by atoms with Gasteiger partial charge in [-0.25, -0.2) is 0 Å². The van der Waals surface area contributed by atoms with Gasteiger partial charge in [0, 0.05) is 0 Å². The molecule has 0 radical (unpaired) electrons. The Morgan fingerprint density at radius 2 is 0.538 bits per heavy atom. The molecule has 0 spiro atoms. The Kier molecular flexibility index (Phi) is 24.5. The minimum atomic E-state index is 0. The van der Waals surface area contributed by atoms with Crippen molar-refractivity contribution in [3.63, 3.8) is 0 Å². The first-order chi connectivity index (χ1) is 12.5. The molecule has 0 aliphatic carbocycles. The fourth-order valence-corrected chi connectivity index (χ4v) is 6.25. The molecule has 0 nitrogen and oxygen atoms in total. The topological polar surface area (TPSA) is 0 Å². The molecule has 6 heteroatoms. The van der Waals surface area contributed by atoms with Crippen LogP contribution in [0.5, 0.6) is 0 Å². The maximum atomic E-state index is 3.11. The molecule has 5 aliphatic heterocycles. The van der Waals surface area contributed by atoms with Crippen molar-refractivity contribution in [3.05, 3.63) is 109 Å². The molecule has 5 aliphatic rings. The maximum absolute atomic E-state index is 3.11. The van der Waals surface area contributed by atoms with E-state index in [4.69, 9.17) is 0 Å². The Bertz CT molecular complexity index is 442. The van der Waals surface area contributed by atoms with E-state index in [9.17, 15) is 0 Å². The Morgan fingerprint density at radius 1 is 0.346 bits per heavy atom. The van der Waals surface area contributed by atoms with Gasteiger partial charge in [-0.15, -0.1) is 0 Å². The minimum absolute atomic E-state index is 0. The Morgan fingerprint density at radius 3 is 0.577 bits per heavy atom. The van der Waals surface area contributed by atoms with Crippen LogP contribution >= 0.6 is 0 Å². The molecular formula is C20H20As5V. The summed E-state index contributed by atoms with van der Waals surface area (Å²) in [5.41, 5.74) is 0. The van der Waals surface area contributed by atoms with Crippen LogP contribution in [0.2, 0.25) is 0 Å². The molecule has 0 amide bonds. The summed E-state index contributed by atoms with van der Waals surface area (Å²) < 4.78 is 0. The van der Waals surface area contributed by atoms with Gasteiger partial charge in [0.05, 0.1) is 0 Å². The predicted molar refractivity (Wildman–Crippen MR) is 121 cm³/mol. The monoisotopic (exact) mass is 686 g/mol. The second-order valence-corrected chi connectivity index (χ2v) is 13.6. The van der Waals surface area contributed by atoms with Gasteiger partial charge < -0.3 is 0 Å². The zero-order chi connectivity index (χ0) is 17.7. The fourth-order valence-electron chi connectivity index (χ4n) is 1.20. The third kappa shape index (κ3) is 21.1. The summed E-state index contributed by atoms with van der Waals surface area (Å²) in [4.78, 5) is 26.5. The summed E-state index contributed by atoms with van der Waals surface area (Å²) in [7, 11) is 0. The zero-order valence-electron chi connectivity index (χ0n) is 14.1. The number of hydrogen-bond donors (Lipinski definition) is 0. The molecule has 0 saturated carbocycles. The van der Waals surface area contributed by atoms with Gasteiger partial charge in [-0.1, -0.05) is 0 Å². The first-order valence-electron chi connectivity index (χ1n) is 7.47. The largest absolute Gasteiger partial charge is 5.00 e. The summed E-state index contributed by atoms with van der Waals surface area (Å²) in [5.74, 6) is 0. The Labute approximate surface area is 204 Å². The van der Waals surface area contributed by atoms with Crippen LogP contribution < -0.4 is 0 Å². The summed E-state index contributed by atoms with van der Waals surface area (Å²) in [5, 5.41) is 0. The minimum Gasteiger partial charge on any atom is 5.00 e. The van der Waals surface area contributed by atoms with E-state index < -0.39 is 0 Å². The van der Waals surface area contributed by atoms with E-state index >= 15 is 0 Å². The van der Waals surface area contributed by atoms with Crippen LogP contribution in [0.1, 0.15) is 0 Å². The van der Waals surface area contributed by atoms with Crippen molar-refractivity contribution in [1.29, 1.82) is 0 Å². The van der Waals surface area contributed by atoms with Crippen LogP contribution in [0, 0.1) is 24.3 Å². The van der Waals surface area contributed by atoms with Gasteiger partial charge in [0.1, 0.15) is 0 Å². The number of allylic oxidation sites excluding steroid dienone is 10. The van der Waals surface area contributed by atoms with Crippen LogP contribution in [0.3, 0.4) is 0 Å². The Balaban J connectivity index is 0.000000298. The molecular weight excluding hydrogens is 666 g/mol.